The van der Waals surface area contributed by atoms with Crippen molar-refractivity contribution in [1.82, 2.24) is 15.0 Å². The lowest BCUT2D eigenvalue weighted by Crippen LogP contribution is -2.24. The van der Waals surface area contributed by atoms with Crippen LogP contribution in [0.1, 0.15) is 20.3 Å². The van der Waals surface area contributed by atoms with E-state index in [1.807, 2.05) is 80.6 Å². The summed E-state index contributed by atoms with van der Waals surface area (Å²) in [4.78, 5) is 26.3. The van der Waals surface area contributed by atoms with Crippen LogP contribution in [0, 0.1) is 0 Å². The Morgan fingerprint density at radius 1 is 0.925 bits per heavy atom. The third kappa shape index (κ3) is 6.08. The average molecular weight is 575 g/mol. The maximum absolute atomic E-state index is 13.3. The number of methoxy groups -OCH3 is 2. The molecule has 206 valence electrons. The van der Waals surface area contributed by atoms with Gasteiger partial charge in [0.2, 0.25) is 5.91 Å². The van der Waals surface area contributed by atoms with E-state index in [9.17, 15) is 4.79 Å². The summed E-state index contributed by atoms with van der Waals surface area (Å²) in [5.41, 5.74) is 4.38. The summed E-state index contributed by atoms with van der Waals surface area (Å²) >= 11 is 2.83. The number of anilines is 1. The van der Waals surface area contributed by atoms with Crippen molar-refractivity contribution in [2.75, 3.05) is 26.1 Å². The van der Waals surface area contributed by atoms with Crippen LogP contribution >= 0.6 is 23.1 Å². The van der Waals surface area contributed by atoms with Crippen LogP contribution in [0.25, 0.3) is 32.7 Å². The van der Waals surface area contributed by atoms with E-state index >= 15 is 0 Å². The Morgan fingerprint density at radius 2 is 1.57 bits per heavy atom. The smallest absolute Gasteiger partial charge is 0.239 e. The molecule has 0 aliphatic carbocycles. The minimum Gasteiger partial charge on any atom is -0.497 e. The van der Waals surface area contributed by atoms with Crippen molar-refractivity contribution in [3.05, 3.63) is 66.7 Å². The summed E-state index contributed by atoms with van der Waals surface area (Å²) in [7, 11) is 3.29. The summed E-state index contributed by atoms with van der Waals surface area (Å²) in [5, 5.41) is 3.85. The zero-order valence-corrected chi connectivity index (χ0v) is 24.3. The lowest BCUT2D eigenvalue weighted by Gasteiger charge is -2.11. The van der Waals surface area contributed by atoms with Gasteiger partial charge in [0.15, 0.2) is 10.3 Å². The molecule has 0 saturated heterocycles. The predicted octanol–water partition coefficient (Wildman–Crippen LogP) is 7.28. The van der Waals surface area contributed by atoms with Gasteiger partial charge >= 0.3 is 0 Å². The largest absolute Gasteiger partial charge is 0.497 e. The van der Waals surface area contributed by atoms with Crippen molar-refractivity contribution in [3.8, 4) is 39.8 Å². The van der Waals surface area contributed by atoms with Crippen molar-refractivity contribution in [2.24, 2.45) is 0 Å². The number of thiazole rings is 1. The molecule has 5 aromatic rings. The molecule has 5 rings (SSSR count). The molecule has 40 heavy (non-hydrogen) atoms. The number of benzene rings is 3. The molecule has 0 bridgehead atoms. The van der Waals surface area contributed by atoms with Gasteiger partial charge in [-0.1, -0.05) is 30.0 Å². The Hall–Kier alpha value is -4.02. The zero-order valence-electron chi connectivity index (χ0n) is 22.7. The topological polar surface area (TPSA) is 98.4 Å². The number of carbonyl (C=O) groups excluding carboxylic acids is 1. The first-order valence-electron chi connectivity index (χ1n) is 12.9. The third-order valence-electron chi connectivity index (χ3n) is 6.24. The first-order chi connectivity index (χ1) is 19.5. The Bertz CT molecular complexity index is 1530. The second-order valence-corrected chi connectivity index (χ2v) is 11.0. The summed E-state index contributed by atoms with van der Waals surface area (Å²) < 4.78 is 17.2. The molecule has 0 fully saturated rings. The molecule has 0 aliphatic rings. The van der Waals surface area contributed by atoms with E-state index < -0.39 is 0 Å². The molecular weight excluding hydrogens is 544 g/mol. The number of aromatic nitrogens is 3. The fourth-order valence-electron chi connectivity index (χ4n) is 4.19. The second kappa shape index (κ2) is 12.4. The molecule has 3 aromatic carbocycles. The number of fused-ring (bicyclic) bond motifs is 1. The number of thioether (sulfide) groups is 1. The SMILES string of the molecule is CCOc1ccc2nc(NC(=O)C(CC)Sc3nc(-c4ccc(OC)cc4)c(-c4ccc(OC)cc4)[nH]3)sc2c1. The van der Waals surface area contributed by atoms with Crippen molar-refractivity contribution in [1.29, 1.82) is 0 Å². The van der Waals surface area contributed by atoms with Gasteiger partial charge in [-0.25, -0.2) is 9.97 Å². The summed E-state index contributed by atoms with van der Waals surface area (Å²) in [6.07, 6.45) is 0.617. The number of nitrogens with one attached hydrogen (secondary N) is 2. The van der Waals surface area contributed by atoms with Crippen molar-refractivity contribution in [2.45, 2.75) is 30.7 Å². The highest BCUT2D eigenvalue weighted by molar-refractivity contribution is 8.00. The summed E-state index contributed by atoms with van der Waals surface area (Å²) in [6, 6.07) is 21.3. The second-order valence-electron chi connectivity index (χ2n) is 8.81. The predicted molar refractivity (Wildman–Crippen MR) is 162 cm³/mol. The monoisotopic (exact) mass is 574 g/mol. The molecule has 1 unspecified atom stereocenters. The minimum atomic E-state index is -0.371. The molecule has 1 amide bonds. The number of hydrogen-bond acceptors (Lipinski definition) is 8. The van der Waals surface area contributed by atoms with Crippen molar-refractivity contribution < 1.29 is 19.0 Å². The van der Waals surface area contributed by atoms with E-state index in [2.05, 4.69) is 15.3 Å². The Labute approximate surface area is 241 Å². The molecule has 1 atom stereocenters. The fraction of sp³-hybridized carbons (Fsp3) is 0.233. The lowest BCUT2D eigenvalue weighted by molar-refractivity contribution is -0.115. The maximum atomic E-state index is 13.3. The number of amides is 1. The Morgan fingerprint density at radius 3 is 2.20 bits per heavy atom. The minimum absolute atomic E-state index is 0.120. The van der Waals surface area contributed by atoms with E-state index in [0.717, 1.165) is 50.0 Å². The van der Waals surface area contributed by atoms with E-state index in [4.69, 9.17) is 19.2 Å². The number of hydrogen-bond donors (Lipinski definition) is 2. The lowest BCUT2D eigenvalue weighted by atomic mass is 10.0. The average Bonchev–Trinajstić information content (AvgIpc) is 3.59. The quantitative estimate of drug-likeness (QED) is 0.160. The first kappa shape index (κ1) is 27.5. The van der Waals surface area contributed by atoms with Gasteiger partial charge in [0.1, 0.15) is 17.2 Å². The molecule has 10 heteroatoms. The van der Waals surface area contributed by atoms with Crippen LogP contribution in [0.15, 0.2) is 71.9 Å². The van der Waals surface area contributed by atoms with Crippen molar-refractivity contribution >= 4 is 44.4 Å². The molecule has 0 spiro atoms. The molecule has 0 radical (unpaired) electrons. The van der Waals surface area contributed by atoms with Crippen LogP contribution < -0.4 is 19.5 Å². The standard InChI is InChI=1S/C30H30N4O4S2/c1-5-24(28(35)34-29-31-23-16-15-22(38-6-2)17-25(23)40-29)39-30-32-26(18-7-11-20(36-3)12-8-18)27(33-30)19-9-13-21(37-4)14-10-19/h7-17,24H,5-6H2,1-4H3,(H,32,33)(H,31,34,35). The zero-order chi connectivity index (χ0) is 28.1. The van der Waals surface area contributed by atoms with Crippen LogP contribution in [0.2, 0.25) is 0 Å². The molecule has 2 aromatic heterocycles. The number of aromatic amines is 1. The van der Waals surface area contributed by atoms with Crippen LogP contribution in [0.5, 0.6) is 17.2 Å². The molecule has 8 nitrogen and oxygen atoms in total. The molecule has 0 aliphatic heterocycles. The van der Waals surface area contributed by atoms with E-state index in [0.29, 0.717) is 23.3 Å². The summed E-state index contributed by atoms with van der Waals surface area (Å²) in [5.74, 6) is 2.21. The van der Waals surface area contributed by atoms with E-state index in [-0.39, 0.29) is 11.2 Å². The normalized spacial score (nSPS) is 11.8. The first-order valence-corrected chi connectivity index (χ1v) is 14.6. The van der Waals surface area contributed by atoms with E-state index in [1.165, 1.54) is 23.1 Å². The summed E-state index contributed by atoms with van der Waals surface area (Å²) in [6.45, 7) is 4.53. The molecule has 2 N–H and O–H groups in total. The highest BCUT2D eigenvalue weighted by Gasteiger charge is 2.23. The number of H-pyrrole nitrogens is 1. The van der Waals surface area contributed by atoms with Gasteiger partial charge in [-0.05, 0) is 80.1 Å². The number of rotatable bonds is 11. The van der Waals surface area contributed by atoms with Gasteiger partial charge < -0.3 is 24.5 Å². The van der Waals surface area contributed by atoms with Gasteiger partial charge in [-0.15, -0.1) is 0 Å². The van der Waals surface area contributed by atoms with Crippen LogP contribution in [-0.4, -0.2) is 46.9 Å². The highest BCUT2D eigenvalue weighted by atomic mass is 32.2. The van der Waals surface area contributed by atoms with Crippen molar-refractivity contribution in [3.63, 3.8) is 0 Å². The third-order valence-corrected chi connectivity index (χ3v) is 8.42. The van der Waals surface area contributed by atoms with Gasteiger partial charge in [-0.2, -0.15) is 0 Å². The Kier molecular flexibility index (Phi) is 8.57. The highest BCUT2D eigenvalue weighted by Crippen LogP contribution is 2.36. The maximum Gasteiger partial charge on any atom is 0.239 e. The van der Waals surface area contributed by atoms with Gasteiger partial charge in [0.05, 0.1) is 47.7 Å². The van der Waals surface area contributed by atoms with E-state index in [1.54, 1.807) is 14.2 Å². The number of ether oxygens (including phenoxy) is 3. The number of nitrogens with zero attached hydrogens (tertiary/aromatic N) is 2. The van der Waals surface area contributed by atoms with Crippen LogP contribution in [0.4, 0.5) is 5.13 Å². The van der Waals surface area contributed by atoms with Crippen LogP contribution in [0.3, 0.4) is 0 Å². The number of imidazole rings is 1. The van der Waals surface area contributed by atoms with Gasteiger partial charge in [0.25, 0.3) is 0 Å². The van der Waals surface area contributed by atoms with Gasteiger partial charge in [-0.3, -0.25) is 4.79 Å². The molecular formula is C30H30N4O4S2. The molecule has 2 heterocycles. The molecule has 0 saturated carbocycles. The van der Waals surface area contributed by atoms with Gasteiger partial charge in [0, 0.05) is 11.1 Å². The fourth-order valence-corrected chi connectivity index (χ4v) is 5.99. The Balaban J connectivity index is 1.39. The van der Waals surface area contributed by atoms with Crippen LogP contribution in [-0.2, 0) is 4.79 Å². The number of carbonyl (C=O) groups is 1.